The van der Waals surface area contributed by atoms with Crippen LogP contribution in [0.4, 0.5) is 0 Å². The maximum absolute atomic E-state index is 12.2. The summed E-state index contributed by atoms with van der Waals surface area (Å²) in [6, 6.07) is 0. The molecule has 4 heteroatoms. The van der Waals surface area contributed by atoms with Gasteiger partial charge in [0.15, 0.2) is 0 Å². The Hall–Kier alpha value is -0.610. The highest BCUT2D eigenvalue weighted by molar-refractivity contribution is 5.80. The van der Waals surface area contributed by atoms with Crippen molar-refractivity contribution in [1.29, 1.82) is 0 Å². The minimum atomic E-state index is -0.583. The summed E-state index contributed by atoms with van der Waals surface area (Å²) < 4.78 is 5.23. The first kappa shape index (κ1) is 16.4. The van der Waals surface area contributed by atoms with Crippen molar-refractivity contribution < 1.29 is 9.53 Å². The normalized spacial score (nSPS) is 23.9. The van der Waals surface area contributed by atoms with Gasteiger partial charge < -0.3 is 15.0 Å². The first-order valence-electron chi connectivity index (χ1n) is 7.70. The fourth-order valence-electron chi connectivity index (χ4n) is 2.95. The summed E-state index contributed by atoms with van der Waals surface area (Å²) in [5.74, 6) is 0.650. The molecule has 0 aromatic rings. The summed E-state index contributed by atoms with van der Waals surface area (Å²) >= 11 is 0. The molecule has 1 N–H and O–H groups in total. The van der Waals surface area contributed by atoms with Crippen molar-refractivity contribution in [2.75, 3.05) is 32.8 Å². The Morgan fingerprint density at radius 2 is 2.16 bits per heavy atom. The third-order valence-electron chi connectivity index (χ3n) is 4.01. The molecule has 0 bridgehead atoms. The molecule has 2 atom stereocenters. The fourth-order valence-corrected chi connectivity index (χ4v) is 2.95. The highest BCUT2D eigenvalue weighted by Gasteiger charge is 2.36. The number of likely N-dealkylation sites (tertiary alicyclic amines) is 1. The van der Waals surface area contributed by atoms with Gasteiger partial charge in [0.25, 0.3) is 0 Å². The Balaban J connectivity index is 2.63. The van der Waals surface area contributed by atoms with Crippen LogP contribution in [0.3, 0.4) is 0 Å². The lowest BCUT2D eigenvalue weighted by molar-refractivity contribution is -0.151. The fraction of sp³-hybridized carbons (Fsp3) is 0.933. The van der Waals surface area contributed by atoms with Crippen molar-refractivity contribution in [3.8, 4) is 0 Å². The number of nitrogens with one attached hydrogen (secondary N) is 1. The molecule has 0 spiro atoms. The quantitative estimate of drug-likeness (QED) is 0.719. The first-order chi connectivity index (χ1) is 9.05. The molecular weight excluding hydrogens is 240 g/mol. The zero-order valence-corrected chi connectivity index (χ0v) is 13.0. The smallest absolute Gasteiger partial charge is 0.327 e. The summed E-state index contributed by atoms with van der Waals surface area (Å²) in [5.41, 5.74) is -0.583. The number of hydrogen-bond acceptors (Lipinski definition) is 4. The average molecular weight is 270 g/mol. The predicted octanol–water partition coefficient (Wildman–Crippen LogP) is 2.04. The SMILES string of the molecule is CCNC(C)(CN1CCCC(CC)C1)C(=O)OCC. The Morgan fingerprint density at radius 3 is 2.74 bits per heavy atom. The minimum Gasteiger partial charge on any atom is -0.465 e. The molecule has 1 heterocycles. The Kier molecular flexibility index (Phi) is 6.80. The molecule has 1 aliphatic heterocycles. The van der Waals surface area contributed by atoms with Crippen LogP contribution >= 0.6 is 0 Å². The van der Waals surface area contributed by atoms with Crippen molar-refractivity contribution in [2.45, 2.75) is 52.5 Å². The summed E-state index contributed by atoms with van der Waals surface area (Å²) in [6.07, 6.45) is 3.79. The molecule has 0 radical (unpaired) electrons. The van der Waals surface area contributed by atoms with Gasteiger partial charge in [-0.2, -0.15) is 0 Å². The van der Waals surface area contributed by atoms with Crippen LogP contribution in [0.1, 0.15) is 47.0 Å². The molecule has 0 aromatic carbocycles. The standard InChI is InChI=1S/C15H30N2O2/c1-5-13-9-8-10-17(11-13)12-15(4,16-6-2)14(18)19-7-3/h13,16H,5-12H2,1-4H3. The Morgan fingerprint density at radius 1 is 1.42 bits per heavy atom. The van der Waals surface area contributed by atoms with E-state index in [-0.39, 0.29) is 5.97 Å². The van der Waals surface area contributed by atoms with Gasteiger partial charge in [-0.05, 0) is 45.7 Å². The lowest BCUT2D eigenvalue weighted by Crippen LogP contribution is -2.58. The Bertz CT molecular complexity index is 283. The van der Waals surface area contributed by atoms with E-state index in [0.29, 0.717) is 6.61 Å². The molecule has 0 aromatic heterocycles. The maximum Gasteiger partial charge on any atom is 0.327 e. The van der Waals surface area contributed by atoms with Crippen LogP contribution in [0.15, 0.2) is 0 Å². The van der Waals surface area contributed by atoms with Crippen LogP contribution in [-0.2, 0) is 9.53 Å². The molecule has 1 rings (SSSR count). The van der Waals surface area contributed by atoms with Crippen molar-refractivity contribution >= 4 is 5.97 Å². The molecule has 4 nitrogen and oxygen atoms in total. The molecule has 2 unspecified atom stereocenters. The second-order valence-corrected chi connectivity index (χ2v) is 5.73. The molecule has 1 saturated heterocycles. The zero-order chi connectivity index (χ0) is 14.3. The van der Waals surface area contributed by atoms with E-state index >= 15 is 0 Å². The average Bonchev–Trinajstić information content (AvgIpc) is 2.39. The summed E-state index contributed by atoms with van der Waals surface area (Å²) in [4.78, 5) is 14.6. The van der Waals surface area contributed by atoms with Crippen LogP contribution < -0.4 is 5.32 Å². The number of rotatable bonds is 7. The van der Waals surface area contributed by atoms with E-state index in [9.17, 15) is 4.79 Å². The van der Waals surface area contributed by atoms with Crippen molar-refractivity contribution in [3.63, 3.8) is 0 Å². The largest absolute Gasteiger partial charge is 0.465 e. The maximum atomic E-state index is 12.2. The van der Waals surface area contributed by atoms with Crippen LogP contribution in [0.25, 0.3) is 0 Å². The lowest BCUT2D eigenvalue weighted by atomic mass is 9.93. The van der Waals surface area contributed by atoms with Gasteiger partial charge in [0, 0.05) is 13.1 Å². The van der Waals surface area contributed by atoms with Crippen LogP contribution in [0.5, 0.6) is 0 Å². The van der Waals surface area contributed by atoms with E-state index in [2.05, 4.69) is 17.1 Å². The number of nitrogens with zero attached hydrogens (tertiary/aromatic N) is 1. The van der Waals surface area contributed by atoms with Crippen molar-refractivity contribution in [1.82, 2.24) is 10.2 Å². The number of hydrogen-bond donors (Lipinski definition) is 1. The summed E-state index contributed by atoms with van der Waals surface area (Å²) in [6.45, 7) is 12.3. The van der Waals surface area contributed by atoms with E-state index < -0.39 is 5.54 Å². The van der Waals surface area contributed by atoms with Gasteiger partial charge in [0.05, 0.1) is 6.61 Å². The highest BCUT2D eigenvalue weighted by atomic mass is 16.5. The van der Waals surface area contributed by atoms with E-state index in [4.69, 9.17) is 4.74 Å². The first-order valence-corrected chi connectivity index (χ1v) is 7.70. The van der Waals surface area contributed by atoms with Crippen molar-refractivity contribution in [3.05, 3.63) is 0 Å². The Labute approximate surface area is 117 Å². The number of esters is 1. The molecule has 0 saturated carbocycles. The summed E-state index contributed by atoms with van der Waals surface area (Å²) in [5, 5.41) is 3.31. The molecule has 1 fully saturated rings. The molecule has 19 heavy (non-hydrogen) atoms. The van der Waals surface area contributed by atoms with Crippen molar-refractivity contribution in [2.24, 2.45) is 5.92 Å². The lowest BCUT2D eigenvalue weighted by Gasteiger charge is -2.38. The second kappa shape index (κ2) is 7.85. The summed E-state index contributed by atoms with van der Waals surface area (Å²) in [7, 11) is 0. The van der Waals surface area contributed by atoms with Gasteiger partial charge in [0.2, 0.25) is 0 Å². The molecule has 0 amide bonds. The number of carbonyl (C=O) groups excluding carboxylic acids is 1. The number of likely N-dealkylation sites (N-methyl/N-ethyl adjacent to an activating group) is 1. The number of ether oxygens (including phenoxy) is 1. The van der Waals surface area contributed by atoms with E-state index in [1.165, 1.54) is 19.3 Å². The molecule has 1 aliphatic rings. The van der Waals surface area contributed by atoms with Gasteiger partial charge >= 0.3 is 5.97 Å². The second-order valence-electron chi connectivity index (χ2n) is 5.73. The van der Waals surface area contributed by atoms with Gasteiger partial charge in [-0.15, -0.1) is 0 Å². The third-order valence-corrected chi connectivity index (χ3v) is 4.01. The topological polar surface area (TPSA) is 41.6 Å². The molecule has 112 valence electrons. The van der Waals surface area contributed by atoms with E-state index in [1.807, 2.05) is 20.8 Å². The van der Waals surface area contributed by atoms with Crippen LogP contribution in [-0.4, -0.2) is 49.2 Å². The monoisotopic (exact) mass is 270 g/mol. The highest BCUT2D eigenvalue weighted by Crippen LogP contribution is 2.21. The predicted molar refractivity (Wildman–Crippen MR) is 78.2 cm³/mol. The minimum absolute atomic E-state index is 0.129. The molecule has 0 aliphatic carbocycles. The van der Waals surface area contributed by atoms with Gasteiger partial charge in [-0.3, -0.25) is 4.79 Å². The zero-order valence-electron chi connectivity index (χ0n) is 13.0. The van der Waals surface area contributed by atoms with Gasteiger partial charge in [-0.1, -0.05) is 20.3 Å². The van der Waals surface area contributed by atoms with Gasteiger partial charge in [0.1, 0.15) is 5.54 Å². The van der Waals surface area contributed by atoms with Crippen LogP contribution in [0, 0.1) is 5.92 Å². The van der Waals surface area contributed by atoms with E-state index in [0.717, 1.165) is 32.1 Å². The van der Waals surface area contributed by atoms with Gasteiger partial charge in [-0.25, -0.2) is 0 Å². The molecular formula is C15H30N2O2. The van der Waals surface area contributed by atoms with E-state index in [1.54, 1.807) is 0 Å². The van der Waals surface area contributed by atoms with Crippen LogP contribution in [0.2, 0.25) is 0 Å². The number of carbonyl (C=O) groups is 1. The number of piperidine rings is 1. The third kappa shape index (κ3) is 4.77.